The Balaban J connectivity index is 0.582. The van der Waals surface area contributed by atoms with Crippen molar-refractivity contribution in [2.75, 3.05) is 109 Å². The molecule has 0 spiro atoms. The number of carbonyl (C=O) groups is 7. The summed E-state index contributed by atoms with van der Waals surface area (Å²) in [5.74, 6) is -7.44. The van der Waals surface area contributed by atoms with E-state index >= 15 is 0 Å². The lowest BCUT2D eigenvalue weighted by atomic mass is 9.77. The molecule has 0 unspecified atom stereocenters. The van der Waals surface area contributed by atoms with E-state index in [1.807, 2.05) is 79.9 Å². The van der Waals surface area contributed by atoms with E-state index in [1.165, 1.54) is 30.7 Å². The number of unbranched alkanes of at least 4 members (excludes halogenated alkanes) is 1. The first-order valence-electron chi connectivity index (χ1n) is 43.8. The number of benzene rings is 1. The van der Waals surface area contributed by atoms with E-state index in [0.717, 1.165) is 28.6 Å². The van der Waals surface area contributed by atoms with E-state index in [4.69, 9.17) is 54.0 Å². The zero-order chi connectivity index (χ0) is 89.0. The molecule has 10 heterocycles. The number of phenols is 1. The number of hydrogen-bond donors (Lipinski definition) is 7. The molecule has 4 fully saturated rings. The Labute approximate surface area is 728 Å². The molecule has 15 atom stereocenters. The summed E-state index contributed by atoms with van der Waals surface area (Å²) in [4.78, 5) is 134. The number of allylic oxidation sites excluding steroid dienone is 6. The monoisotopic (exact) mass is 1730 g/mol. The maximum Gasteiger partial charge on any atom is 0.329 e. The van der Waals surface area contributed by atoms with Crippen molar-refractivity contribution in [3.63, 3.8) is 0 Å². The molecule has 7 aromatic rings. The quantitative estimate of drug-likeness (QED) is 0.0115. The molecule has 5 aliphatic rings. The highest BCUT2D eigenvalue weighted by atomic mass is 16.6. The Morgan fingerprint density at radius 1 is 0.776 bits per heavy atom. The molecule has 4 aliphatic heterocycles. The number of aliphatic hydroxyl groups excluding tert-OH is 1. The average Bonchev–Trinajstić information content (AvgIpc) is 1.71. The molecule has 1 saturated carbocycles. The molecule has 12 rings (SSSR count). The van der Waals surface area contributed by atoms with Crippen molar-refractivity contribution in [2.45, 2.75) is 206 Å². The van der Waals surface area contributed by atoms with Gasteiger partial charge in [0.05, 0.1) is 73.6 Å². The van der Waals surface area contributed by atoms with Gasteiger partial charge in [-0.1, -0.05) is 76.3 Å². The summed E-state index contributed by atoms with van der Waals surface area (Å²) >= 11 is 0. The lowest BCUT2D eigenvalue weighted by Gasteiger charge is -2.42. The molecule has 3 amide bonds. The zero-order valence-corrected chi connectivity index (χ0v) is 73.3. The van der Waals surface area contributed by atoms with Gasteiger partial charge in [-0.3, -0.25) is 28.8 Å². The molecule has 6 aromatic heterocycles. The number of ketones is 3. The highest BCUT2D eigenvalue weighted by molar-refractivity contribution is 6.39. The van der Waals surface area contributed by atoms with Crippen LogP contribution in [0.5, 0.6) is 5.75 Å². The van der Waals surface area contributed by atoms with Gasteiger partial charge in [-0.05, 0) is 144 Å². The molecule has 8 N–H and O–H groups in total. The predicted molar refractivity (Wildman–Crippen MR) is 465 cm³/mol. The standard InChI is InChI=1S/C90H122N18O17/c1-54-18-12-11-13-19-55(2)73(119-8)46-66-24-21-60(7)90(118,125-66)82(114)86(116)106-30-16-14-20-71(106)87(117)124-74(47-72(110)56(3)41-59(6)80(113)81(121-10)79(112)58(5)40-54)57(4)42-61-22-26-70(75(43-61)120-9)108-52-69(101-103-108)63-48-94-88(95-49-63)104-32-34-105(35-33-104)89-96-50-64(51-97-89)85(115)93-29-37-123-39-38-122-36-27-76(111)92-28-15-17-31-107-84-77(83(91)98-53-99-84)78(102-107)68-45-62-44-65(109)23-25-67(62)100-68/h11-13,18-19,23,25,41,44-45,48-54,56-58,60-61,66,70-71,73-75,80-81,100,109,113,118H,14-17,20-22,24,26-40,42-43,46-47H2,1-10H3,(H,92,111)(H,93,115)(H2,91,98,99)/b13-11+,18-12+,55-19+,59-41+/t54-,56-,57-,58-,60-,61+,66+,70+,71+,73+,74+,75-,80-,81+,90-/m1/s1. The minimum absolute atomic E-state index is 0.0176. The van der Waals surface area contributed by atoms with Gasteiger partial charge in [0.2, 0.25) is 23.6 Å². The number of ether oxygens (including phenoxy) is 7. The Morgan fingerprint density at radius 2 is 1.51 bits per heavy atom. The molecular weight excluding hydrogens is 1610 g/mol. The number of nitrogens with two attached hydrogens (primary N) is 1. The number of aryl methyl sites for hydroxylation is 1. The van der Waals surface area contributed by atoms with Crippen LogP contribution in [0, 0.1) is 35.5 Å². The number of piperidine rings is 1. The van der Waals surface area contributed by atoms with E-state index < -0.39 is 83.7 Å². The van der Waals surface area contributed by atoms with E-state index in [2.05, 4.69) is 50.8 Å². The van der Waals surface area contributed by atoms with Crippen molar-refractivity contribution in [1.82, 2.24) is 75.2 Å². The van der Waals surface area contributed by atoms with E-state index in [9.17, 15) is 48.9 Å². The summed E-state index contributed by atoms with van der Waals surface area (Å²) in [6, 6.07) is 5.59. The number of amides is 3. The number of nitrogens with one attached hydrogen (secondary N) is 3. The van der Waals surface area contributed by atoms with Crippen LogP contribution in [0.4, 0.5) is 17.7 Å². The second-order valence-corrected chi connectivity index (χ2v) is 34.0. The Morgan fingerprint density at radius 3 is 2.24 bits per heavy atom. The van der Waals surface area contributed by atoms with Crippen molar-refractivity contribution < 1.29 is 82.0 Å². The number of aromatic amines is 1. The average molecular weight is 1730 g/mol. The van der Waals surface area contributed by atoms with Gasteiger partial charge in [-0.15, -0.1) is 5.10 Å². The second-order valence-electron chi connectivity index (χ2n) is 34.0. The van der Waals surface area contributed by atoms with Crippen LogP contribution in [0.3, 0.4) is 0 Å². The summed E-state index contributed by atoms with van der Waals surface area (Å²) in [6.07, 6.45) is 22.7. The molecule has 35 heteroatoms. The van der Waals surface area contributed by atoms with Crippen LogP contribution in [0.25, 0.3) is 44.6 Å². The molecule has 674 valence electrons. The van der Waals surface area contributed by atoms with E-state index in [1.54, 1.807) is 76.3 Å². The summed E-state index contributed by atoms with van der Waals surface area (Å²) in [5, 5.41) is 55.1. The number of H-pyrrole nitrogens is 1. The zero-order valence-electron chi connectivity index (χ0n) is 73.3. The summed E-state index contributed by atoms with van der Waals surface area (Å²) in [6.45, 7) is 17.4. The molecule has 3 saturated heterocycles. The minimum atomic E-state index is -2.48. The van der Waals surface area contributed by atoms with Gasteiger partial charge in [0.1, 0.15) is 59.4 Å². The first-order valence-corrected chi connectivity index (χ1v) is 43.8. The third-order valence-electron chi connectivity index (χ3n) is 24.9. The van der Waals surface area contributed by atoms with Crippen molar-refractivity contribution in [2.24, 2.45) is 35.5 Å². The van der Waals surface area contributed by atoms with Crippen LogP contribution < -0.4 is 26.2 Å². The van der Waals surface area contributed by atoms with Gasteiger partial charge in [0.15, 0.2) is 11.4 Å². The number of aliphatic hydroxyl groups is 2. The summed E-state index contributed by atoms with van der Waals surface area (Å²) in [5.41, 5.74) is 11.9. The number of Topliss-reactive ketones (excluding diaryl/α,β-unsaturated/α-hetero) is 3. The molecule has 0 radical (unpaired) electrons. The smallest absolute Gasteiger partial charge is 0.329 e. The molecule has 35 nitrogen and oxygen atoms in total. The van der Waals surface area contributed by atoms with Crippen LogP contribution in [0.1, 0.15) is 161 Å². The number of carbonyl (C=O) groups excluding carboxylic acids is 7. The second kappa shape index (κ2) is 44.0. The number of phenolic OH excluding ortho intramolecular Hbond substituents is 1. The number of fused-ring (bicyclic) bond motifs is 5. The fraction of sp³-hybridized carbons (Fsp3) is 0.578. The summed E-state index contributed by atoms with van der Waals surface area (Å²) in [7, 11) is 4.61. The van der Waals surface area contributed by atoms with Crippen LogP contribution in [-0.4, -0.2) is 263 Å². The number of cyclic esters (lactones) is 1. The highest BCUT2D eigenvalue weighted by Gasteiger charge is 2.53. The van der Waals surface area contributed by atoms with Crippen molar-refractivity contribution >= 4 is 80.7 Å². The van der Waals surface area contributed by atoms with E-state index in [0.29, 0.717) is 160 Å². The number of aromatic hydroxyl groups is 1. The van der Waals surface area contributed by atoms with Crippen LogP contribution in [-0.2, 0) is 68.5 Å². The topological polar surface area (TPSA) is 446 Å². The molecule has 1 aliphatic carbocycles. The number of esters is 1. The normalized spacial score (nSPS) is 27.4. The van der Waals surface area contributed by atoms with E-state index in [-0.39, 0.29) is 118 Å². The van der Waals surface area contributed by atoms with Gasteiger partial charge < -0.3 is 84.5 Å². The molecular formula is C90H122N18O17. The third kappa shape index (κ3) is 23.7. The third-order valence-corrected chi connectivity index (χ3v) is 24.9. The molecule has 125 heavy (non-hydrogen) atoms. The minimum Gasteiger partial charge on any atom is -0.508 e. The number of piperazine rings is 1. The number of aromatic nitrogens is 12. The lowest BCUT2D eigenvalue weighted by Crippen LogP contribution is -2.61. The van der Waals surface area contributed by atoms with Gasteiger partial charge in [0, 0.05) is 152 Å². The molecule has 1 aromatic carbocycles. The number of anilines is 3. The largest absolute Gasteiger partial charge is 0.508 e. The number of nitrogen functional groups attached to an aromatic ring is 1. The molecule has 2 bridgehead atoms. The van der Waals surface area contributed by atoms with Gasteiger partial charge in [-0.2, -0.15) is 5.10 Å². The highest BCUT2D eigenvalue weighted by Crippen LogP contribution is 2.41. The number of methoxy groups -OCH3 is 3. The number of nitrogens with zero attached hydrogens (tertiary/aromatic N) is 14. The first-order chi connectivity index (χ1) is 60.2. The Bertz CT molecular complexity index is 4970. The van der Waals surface area contributed by atoms with Crippen LogP contribution in [0.2, 0.25) is 0 Å². The van der Waals surface area contributed by atoms with Gasteiger partial charge in [-0.25, -0.2) is 44.1 Å². The van der Waals surface area contributed by atoms with Crippen molar-refractivity contribution in [3.8, 4) is 28.4 Å². The number of rotatable bonds is 26. The van der Waals surface area contributed by atoms with Crippen molar-refractivity contribution in [3.05, 3.63) is 115 Å². The lowest BCUT2D eigenvalue weighted by molar-refractivity contribution is -0.265. The van der Waals surface area contributed by atoms with Gasteiger partial charge in [0.25, 0.3) is 17.6 Å². The fourth-order valence-corrected chi connectivity index (χ4v) is 17.5. The van der Waals surface area contributed by atoms with Crippen LogP contribution in [0.15, 0.2) is 109 Å². The maximum atomic E-state index is 14.9. The van der Waals surface area contributed by atoms with Crippen molar-refractivity contribution in [1.29, 1.82) is 0 Å². The van der Waals surface area contributed by atoms with Crippen LogP contribution >= 0.6 is 0 Å². The SMILES string of the molecule is CO[C@H]1C[C@@H]2CC[C@@H](C)[C@@](O)(O2)C(=O)C(=O)N2CCCC[C@H]2C(=O)O[C@H]([C@H](C)C[C@@H]2CC[C@H](n3cc(-c4cnc(N5CCN(c6ncc(C(=O)NCCOCCOCCC(=O)NCCCCn7nc(-c8cc9cc(O)ccc9[nH]8)c8c(N)ncnc87)cn6)CC5)nc4)nn3)[C@H](OC)C2)CC(=O)[C@H](C)/C=C(\C)[C@@H](O)[C@@H](OC)C(=O)[C@H](C)C[C@H](C)/C=C/C=C/C=C/1C. The Hall–Kier alpha value is -10.7. The van der Waals surface area contributed by atoms with Gasteiger partial charge >= 0.3 is 5.97 Å². The Kier molecular flexibility index (Phi) is 32.9. The number of hydrogen-bond acceptors (Lipinski definition) is 29. The predicted octanol–water partition coefficient (Wildman–Crippen LogP) is 8.55. The maximum absolute atomic E-state index is 14.9. The summed E-state index contributed by atoms with van der Waals surface area (Å²) < 4.78 is 45.4. The first kappa shape index (κ1) is 93.5. The fourth-order valence-electron chi connectivity index (χ4n) is 17.5.